The predicted molar refractivity (Wildman–Crippen MR) is 64.7 cm³/mol. The summed E-state index contributed by atoms with van der Waals surface area (Å²) < 4.78 is 17.4. The van der Waals surface area contributed by atoms with Gasteiger partial charge in [0.2, 0.25) is 0 Å². The number of para-hydroxylation sites is 1. The minimum absolute atomic E-state index is 0.242. The Bertz CT molecular complexity index is 752. The third kappa shape index (κ3) is 1.12. The Hall–Kier alpha value is -2.10. The van der Waals surface area contributed by atoms with Crippen LogP contribution in [0.25, 0.3) is 21.9 Å². The van der Waals surface area contributed by atoms with Gasteiger partial charge in [0.15, 0.2) is 6.29 Å². The van der Waals surface area contributed by atoms with Crippen molar-refractivity contribution in [3.8, 4) is 0 Å². The summed E-state index contributed by atoms with van der Waals surface area (Å²) in [5.41, 5.74) is 2.93. The summed E-state index contributed by atoms with van der Waals surface area (Å²) in [6.07, 6.45) is 0.811. The molecule has 2 heterocycles. The summed E-state index contributed by atoms with van der Waals surface area (Å²) in [4.78, 5) is 10.9. The van der Waals surface area contributed by atoms with Crippen LogP contribution in [-0.4, -0.2) is 15.4 Å². The van der Waals surface area contributed by atoms with Crippen molar-refractivity contribution in [3.63, 3.8) is 0 Å². The summed E-state index contributed by atoms with van der Waals surface area (Å²) in [5.74, 6) is -0.242. The smallest absolute Gasteiger partial charge is 0.166 e. The van der Waals surface area contributed by atoms with Crippen molar-refractivity contribution in [2.75, 3.05) is 0 Å². The molecule has 0 aliphatic rings. The molecule has 0 saturated carbocycles. The fraction of sp³-hybridized carbons (Fsp3) is 0.154. The molecule has 0 aliphatic heterocycles. The van der Waals surface area contributed by atoms with E-state index in [0.29, 0.717) is 11.2 Å². The monoisotopic (exact) mass is 230 g/mol. The molecule has 0 radical (unpaired) electrons. The van der Waals surface area contributed by atoms with Crippen LogP contribution in [0.4, 0.5) is 4.39 Å². The van der Waals surface area contributed by atoms with E-state index in [9.17, 15) is 9.18 Å². The van der Waals surface area contributed by atoms with E-state index in [1.54, 1.807) is 21.3 Å². The van der Waals surface area contributed by atoms with Gasteiger partial charge in [-0.25, -0.2) is 4.39 Å². The number of carbonyl (C=O) groups is 1. The van der Waals surface area contributed by atoms with E-state index in [1.165, 1.54) is 6.07 Å². The lowest BCUT2D eigenvalue weighted by Crippen LogP contribution is -1.93. The van der Waals surface area contributed by atoms with Gasteiger partial charge in [0, 0.05) is 19.5 Å². The van der Waals surface area contributed by atoms with Gasteiger partial charge in [-0.05, 0) is 12.1 Å². The van der Waals surface area contributed by atoms with Gasteiger partial charge in [0.25, 0.3) is 0 Å². The topological polar surface area (TPSA) is 26.9 Å². The fourth-order valence-corrected chi connectivity index (χ4v) is 2.46. The Kier molecular flexibility index (Phi) is 1.90. The summed E-state index contributed by atoms with van der Waals surface area (Å²) in [7, 11) is 3.62. The summed E-state index contributed by atoms with van der Waals surface area (Å²) in [5, 5.41) is 0.832. The van der Waals surface area contributed by atoms with Crippen molar-refractivity contribution in [1.82, 2.24) is 9.13 Å². The standard InChI is InChI=1S/C13H11FN2O/c1-15-8(7-17)6-11-13(15)9-4-3-5-10(14)12(9)16(11)2/h3-7H,1-2H3. The molecule has 0 saturated heterocycles. The van der Waals surface area contributed by atoms with Crippen molar-refractivity contribution in [2.45, 2.75) is 0 Å². The first-order chi connectivity index (χ1) is 8.15. The lowest BCUT2D eigenvalue weighted by atomic mass is 10.2. The number of aldehydes is 1. The van der Waals surface area contributed by atoms with Crippen LogP contribution in [0.3, 0.4) is 0 Å². The van der Waals surface area contributed by atoms with E-state index in [0.717, 1.165) is 22.7 Å². The molecule has 0 amide bonds. The maximum Gasteiger partial charge on any atom is 0.166 e. The molecule has 4 heteroatoms. The SMILES string of the molecule is Cn1c(C=O)cc2c1c1cccc(F)c1n2C. The van der Waals surface area contributed by atoms with Crippen molar-refractivity contribution in [1.29, 1.82) is 0 Å². The van der Waals surface area contributed by atoms with Crippen molar-refractivity contribution >= 4 is 28.2 Å². The first-order valence-electron chi connectivity index (χ1n) is 5.32. The average Bonchev–Trinajstić information content (AvgIpc) is 2.78. The minimum atomic E-state index is -0.242. The number of benzene rings is 1. The Morgan fingerprint density at radius 3 is 2.65 bits per heavy atom. The number of hydrogen-bond acceptors (Lipinski definition) is 1. The second kappa shape index (κ2) is 3.20. The minimum Gasteiger partial charge on any atom is -0.340 e. The quantitative estimate of drug-likeness (QED) is 0.590. The van der Waals surface area contributed by atoms with Crippen LogP contribution in [0, 0.1) is 5.82 Å². The Labute approximate surface area is 97.1 Å². The van der Waals surface area contributed by atoms with E-state index < -0.39 is 0 Å². The van der Waals surface area contributed by atoms with Crippen molar-refractivity contribution < 1.29 is 9.18 Å². The largest absolute Gasteiger partial charge is 0.340 e. The number of aromatic nitrogens is 2. The number of rotatable bonds is 1. The zero-order valence-corrected chi connectivity index (χ0v) is 9.57. The molecule has 2 aromatic heterocycles. The van der Waals surface area contributed by atoms with Crippen LogP contribution in [0.15, 0.2) is 24.3 Å². The molecule has 3 nitrogen and oxygen atoms in total. The molecule has 0 atom stereocenters. The van der Waals surface area contributed by atoms with E-state index in [2.05, 4.69) is 0 Å². The Morgan fingerprint density at radius 2 is 1.94 bits per heavy atom. The molecule has 86 valence electrons. The van der Waals surface area contributed by atoms with Crippen molar-refractivity contribution in [2.24, 2.45) is 14.1 Å². The van der Waals surface area contributed by atoms with Crippen LogP contribution in [-0.2, 0) is 14.1 Å². The molecule has 0 fully saturated rings. The first kappa shape index (κ1) is 10.1. The van der Waals surface area contributed by atoms with Gasteiger partial charge in [-0.2, -0.15) is 0 Å². The normalized spacial score (nSPS) is 11.5. The molecule has 0 N–H and O–H groups in total. The van der Waals surface area contributed by atoms with Gasteiger partial charge in [0.05, 0.1) is 22.2 Å². The van der Waals surface area contributed by atoms with E-state index in [4.69, 9.17) is 0 Å². The van der Waals surface area contributed by atoms with E-state index in [1.807, 2.05) is 20.2 Å². The van der Waals surface area contributed by atoms with Gasteiger partial charge < -0.3 is 9.13 Å². The molecule has 3 aromatic rings. The molecular weight excluding hydrogens is 219 g/mol. The first-order valence-corrected chi connectivity index (χ1v) is 5.32. The van der Waals surface area contributed by atoms with Gasteiger partial charge in [-0.1, -0.05) is 12.1 Å². The molecule has 3 rings (SSSR count). The number of fused-ring (bicyclic) bond motifs is 3. The number of hydrogen-bond donors (Lipinski definition) is 0. The fourth-order valence-electron chi connectivity index (χ4n) is 2.46. The summed E-state index contributed by atoms with van der Waals surface area (Å²) >= 11 is 0. The highest BCUT2D eigenvalue weighted by Gasteiger charge is 2.16. The molecule has 0 aliphatic carbocycles. The molecule has 0 unspecified atom stereocenters. The Morgan fingerprint density at radius 1 is 1.18 bits per heavy atom. The van der Waals surface area contributed by atoms with Crippen LogP contribution in [0.2, 0.25) is 0 Å². The van der Waals surface area contributed by atoms with Crippen LogP contribution >= 0.6 is 0 Å². The Balaban J connectivity index is 2.63. The van der Waals surface area contributed by atoms with Gasteiger partial charge >= 0.3 is 0 Å². The van der Waals surface area contributed by atoms with Crippen LogP contribution in [0.5, 0.6) is 0 Å². The third-order valence-electron chi connectivity index (χ3n) is 3.31. The highest BCUT2D eigenvalue weighted by molar-refractivity contribution is 6.08. The van der Waals surface area contributed by atoms with E-state index in [-0.39, 0.29) is 5.82 Å². The number of nitrogens with zero attached hydrogens (tertiary/aromatic N) is 2. The predicted octanol–water partition coefficient (Wildman–Crippen LogP) is 2.62. The summed E-state index contributed by atoms with van der Waals surface area (Å²) in [6.45, 7) is 0. The van der Waals surface area contributed by atoms with Gasteiger partial charge in [-0.15, -0.1) is 0 Å². The number of halogens is 1. The highest BCUT2D eigenvalue weighted by atomic mass is 19.1. The van der Waals surface area contributed by atoms with Crippen LogP contribution < -0.4 is 0 Å². The summed E-state index contributed by atoms with van der Waals surface area (Å²) in [6, 6.07) is 6.78. The second-order valence-electron chi connectivity index (χ2n) is 4.17. The molecule has 0 bridgehead atoms. The van der Waals surface area contributed by atoms with Crippen molar-refractivity contribution in [3.05, 3.63) is 35.8 Å². The van der Waals surface area contributed by atoms with Gasteiger partial charge in [0.1, 0.15) is 5.82 Å². The average molecular weight is 230 g/mol. The molecule has 17 heavy (non-hydrogen) atoms. The van der Waals surface area contributed by atoms with E-state index >= 15 is 0 Å². The van der Waals surface area contributed by atoms with Crippen LogP contribution in [0.1, 0.15) is 10.5 Å². The second-order valence-corrected chi connectivity index (χ2v) is 4.17. The third-order valence-corrected chi connectivity index (χ3v) is 3.31. The molecular formula is C13H11FN2O. The molecule has 0 spiro atoms. The zero-order chi connectivity index (χ0) is 12.2. The highest BCUT2D eigenvalue weighted by Crippen LogP contribution is 2.31. The van der Waals surface area contributed by atoms with Gasteiger partial charge in [-0.3, -0.25) is 4.79 Å². The zero-order valence-electron chi connectivity index (χ0n) is 9.57. The molecule has 1 aromatic carbocycles. The lowest BCUT2D eigenvalue weighted by molar-refractivity contribution is 0.111. The lowest BCUT2D eigenvalue weighted by Gasteiger charge is -1.99. The maximum absolute atomic E-state index is 13.8. The maximum atomic E-state index is 13.8. The number of aryl methyl sites for hydroxylation is 2. The number of carbonyl (C=O) groups excluding carboxylic acids is 1.